The number of ether oxygens (including phenoxy) is 1. The number of sulfone groups is 1. The number of morpholine rings is 1. The predicted octanol–water partition coefficient (Wildman–Crippen LogP) is 3.32. The van der Waals surface area contributed by atoms with E-state index in [0.29, 0.717) is 19.7 Å². The Balaban J connectivity index is 1.77. The monoisotopic (exact) mass is 359 g/mol. The Morgan fingerprint density at radius 3 is 2.57 bits per heavy atom. The van der Waals surface area contributed by atoms with Gasteiger partial charge in [0.2, 0.25) is 9.84 Å². The zero-order valence-corrected chi connectivity index (χ0v) is 13.7. The van der Waals surface area contributed by atoms with Crippen LogP contribution < -0.4 is 4.90 Å². The van der Waals surface area contributed by atoms with Crippen LogP contribution in [0, 0.1) is 0 Å². The van der Waals surface area contributed by atoms with Crippen molar-refractivity contribution in [1.82, 2.24) is 0 Å². The number of alkyl halides is 2. The molecule has 3 rings (SSSR count). The summed E-state index contributed by atoms with van der Waals surface area (Å²) < 4.78 is 53.7. The van der Waals surface area contributed by atoms with E-state index in [1.807, 2.05) is 17.5 Å². The fourth-order valence-corrected chi connectivity index (χ4v) is 3.97. The highest BCUT2D eigenvalue weighted by atomic mass is 32.2. The van der Waals surface area contributed by atoms with E-state index in [0.717, 1.165) is 10.6 Å². The Hall–Kier alpha value is -1.51. The summed E-state index contributed by atoms with van der Waals surface area (Å²) in [6.45, 7) is 1.87. The van der Waals surface area contributed by atoms with Crippen LogP contribution in [0.25, 0.3) is 0 Å². The zero-order valence-electron chi connectivity index (χ0n) is 12.1. The van der Waals surface area contributed by atoms with Crippen LogP contribution in [0.3, 0.4) is 0 Å². The number of anilines is 1. The van der Waals surface area contributed by atoms with E-state index in [-0.39, 0.29) is 11.0 Å². The molecule has 1 aliphatic heterocycles. The Bertz CT molecular complexity index is 746. The minimum Gasteiger partial charge on any atom is -0.369 e. The molecular formula is C15H15F2NO3S2. The fraction of sp³-hybridized carbons (Fsp3) is 0.333. The topological polar surface area (TPSA) is 46.6 Å². The van der Waals surface area contributed by atoms with Crippen LogP contribution in [0.15, 0.2) is 46.7 Å². The maximum absolute atomic E-state index is 12.5. The highest BCUT2D eigenvalue weighted by Gasteiger charge is 2.27. The SMILES string of the molecule is O=S(=O)(c1ccc(N2CCOC(c3cccs3)C2)cc1)C(F)F. The van der Waals surface area contributed by atoms with Crippen molar-refractivity contribution in [3.63, 3.8) is 0 Å². The summed E-state index contributed by atoms with van der Waals surface area (Å²) in [5.41, 5.74) is 0.795. The molecule has 0 amide bonds. The summed E-state index contributed by atoms with van der Waals surface area (Å²) >= 11 is 1.62. The summed E-state index contributed by atoms with van der Waals surface area (Å²) in [6.07, 6.45) is -0.0341. The average molecular weight is 359 g/mol. The third kappa shape index (κ3) is 3.39. The molecule has 1 saturated heterocycles. The lowest BCUT2D eigenvalue weighted by Gasteiger charge is -2.34. The first-order valence-corrected chi connectivity index (χ1v) is 9.43. The van der Waals surface area contributed by atoms with E-state index >= 15 is 0 Å². The standard InChI is InChI=1S/C15H15F2NO3S2/c16-15(17)23(19,20)12-5-3-11(4-6-12)18-7-8-21-13(10-18)14-2-1-9-22-14/h1-6,9,13,15H,7-8,10H2. The molecule has 1 unspecified atom stereocenters. The van der Waals surface area contributed by atoms with E-state index in [4.69, 9.17) is 4.74 Å². The molecule has 1 fully saturated rings. The molecule has 124 valence electrons. The summed E-state index contributed by atoms with van der Waals surface area (Å²) in [4.78, 5) is 2.83. The predicted molar refractivity (Wildman–Crippen MR) is 84.9 cm³/mol. The molecule has 0 bridgehead atoms. The molecule has 0 N–H and O–H groups in total. The fourth-order valence-electron chi connectivity index (χ4n) is 2.48. The first kappa shape index (κ1) is 16.4. The van der Waals surface area contributed by atoms with E-state index < -0.39 is 15.6 Å². The highest BCUT2D eigenvalue weighted by Crippen LogP contribution is 2.29. The molecule has 23 heavy (non-hydrogen) atoms. The largest absolute Gasteiger partial charge is 0.369 e. The number of benzene rings is 1. The van der Waals surface area contributed by atoms with Crippen LogP contribution in [0.5, 0.6) is 0 Å². The number of hydrogen-bond acceptors (Lipinski definition) is 5. The molecule has 1 aromatic heterocycles. The minimum absolute atomic E-state index is 0.0341. The van der Waals surface area contributed by atoms with Crippen molar-refractivity contribution in [2.24, 2.45) is 0 Å². The Kier molecular flexibility index (Phi) is 4.65. The third-order valence-corrected chi connectivity index (χ3v) is 6.05. The van der Waals surface area contributed by atoms with Crippen LogP contribution in [0.4, 0.5) is 14.5 Å². The van der Waals surface area contributed by atoms with Crippen molar-refractivity contribution in [2.75, 3.05) is 24.6 Å². The van der Waals surface area contributed by atoms with E-state index in [1.165, 1.54) is 12.1 Å². The number of halogens is 2. The van der Waals surface area contributed by atoms with Gasteiger partial charge in [-0.3, -0.25) is 0 Å². The third-order valence-electron chi connectivity index (χ3n) is 3.69. The van der Waals surface area contributed by atoms with Crippen molar-refractivity contribution in [3.8, 4) is 0 Å². The van der Waals surface area contributed by atoms with Gasteiger partial charge >= 0.3 is 5.76 Å². The van der Waals surface area contributed by atoms with E-state index in [2.05, 4.69) is 4.90 Å². The summed E-state index contributed by atoms with van der Waals surface area (Å²) in [5, 5.41) is 1.99. The van der Waals surface area contributed by atoms with Gasteiger partial charge in [0.25, 0.3) is 0 Å². The second-order valence-electron chi connectivity index (χ2n) is 5.12. The zero-order chi connectivity index (χ0) is 16.4. The molecule has 8 heteroatoms. The first-order valence-electron chi connectivity index (χ1n) is 7.00. The van der Waals surface area contributed by atoms with Gasteiger partial charge < -0.3 is 9.64 Å². The number of nitrogens with zero attached hydrogens (tertiary/aromatic N) is 1. The lowest BCUT2D eigenvalue weighted by Crippen LogP contribution is -2.38. The van der Waals surface area contributed by atoms with Crippen molar-refractivity contribution < 1.29 is 21.9 Å². The quantitative estimate of drug-likeness (QED) is 0.840. The van der Waals surface area contributed by atoms with Crippen LogP contribution >= 0.6 is 11.3 Å². The number of hydrogen-bond donors (Lipinski definition) is 0. The van der Waals surface area contributed by atoms with Crippen LogP contribution in [-0.2, 0) is 14.6 Å². The Morgan fingerprint density at radius 1 is 1.22 bits per heavy atom. The normalized spacial score (nSPS) is 19.3. The second kappa shape index (κ2) is 6.54. The molecule has 0 radical (unpaired) electrons. The van der Waals surface area contributed by atoms with E-state index in [1.54, 1.807) is 23.5 Å². The molecule has 2 heterocycles. The van der Waals surface area contributed by atoms with Gasteiger partial charge in [0.1, 0.15) is 6.10 Å². The van der Waals surface area contributed by atoms with Gasteiger partial charge in [-0.1, -0.05) is 6.07 Å². The van der Waals surface area contributed by atoms with Crippen molar-refractivity contribution in [1.29, 1.82) is 0 Å². The molecule has 1 atom stereocenters. The summed E-state index contributed by atoms with van der Waals surface area (Å²) in [5.74, 6) is -3.40. The molecular weight excluding hydrogens is 344 g/mol. The van der Waals surface area contributed by atoms with Gasteiger partial charge in [0, 0.05) is 23.7 Å². The van der Waals surface area contributed by atoms with Crippen LogP contribution in [0.2, 0.25) is 0 Å². The Labute approximate surface area is 137 Å². The highest BCUT2D eigenvalue weighted by molar-refractivity contribution is 7.91. The lowest BCUT2D eigenvalue weighted by molar-refractivity contribution is 0.0421. The first-order chi connectivity index (χ1) is 11.0. The van der Waals surface area contributed by atoms with Gasteiger partial charge in [-0.05, 0) is 35.7 Å². The number of thiophene rings is 1. The molecule has 1 aliphatic rings. The number of rotatable bonds is 4. The van der Waals surface area contributed by atoms with Gasteiger partial charge in [-0.25, -0.2) is 8.42 Å². The average Bonchev–Trinajstić information content (AvgIpc) is 3.09. The van der Waals surface area contributed by atoms with Crippen molar-refractivity contribution >= 4 is 26.9 Å². The lowest BCUT2D eigenvalue weighted by atomic mass is 10.2. The van der Waals surface area contributed by atoms with Gasteiger partial charge in [0.05, 0.1) is 11.5 Å². The van der Waals surface area contributed by atoms with Gasteiger partial charge in [0.15, 0.2) is 0 Å². The molecule has 0 aliphatic carbocycles. The molecule has 2 aromatic rings. The van der Waals surface area contributed by atoms with E-state index in [9.17, 15) is 17.2 Å². The molecule has 0 spiro atoms. The molecule has 1 aromatic carbocycles. The van der Waals surface area contributed by atoms with Gasteiger partial charge in [-0.2, -0.15) is 8.78 Å². The summed E-state index contributed by atoms with van der Waals surface area (Å²) in [6, 6.07) is 9.56. The van der Waals surface area contributed by atoms with Crippen molar-refractivity contribution in [2.45, 2.75) is 16.8 Å². The summed E-state index contributed by atoms with van der Waals surface area (Å²) in [7, 11) is -4.55. The maximum atomic E-state index is 12.5. The molecule has 4 nitrogen and oxygen atoms in total. The van der Waals surface area contributed by atoms with Crippen LogP contribution in [0.1, 0.15) is 11.0 Å². The maximum Gasteiger partial charge on any atom is 0.341 e. The second-order valence-corrected chi connectivity index (χ2v) is 8.02. The molecule has 0 saturated carbocycles. The Morgan fingerprint density at radius 2 is 1.96 bits per heavy atom. The van der Waals surface area contributed by atoms with Gasteiger partial charge in [-0.15, -0.1) is 11.3 Å². The smallest absolute Gasteiger partial charge is 0.341 e. The minimum atomic E-state index is -4.55. The van der Waals surface area contributed by atoms with Crippen molar-refractivity contribution in [3.05, 3.63) is 46.7 Å². The van der Waals surface area contributed by atoms with Crippen LogP contribution in [-0.4, -0.2) is 33.9 Å².